The molecule has 0 aromatic rings. The van der Waals surface area contributed by atoms with Gasteiger partial charge in [0.1, 0.15) is 0 Å². The van der Waals surface area contributed by atoms with Crippen LogP contribution >= 0.6 is 15.9 Å². The molecule has 16 heavy (non-hydrogen) atoms. The normalized spacial score (nSPS) is 31.1. The summed E-state index contributed by atoms with van der Waals surface area (Å²) in [6.45, 7) is 5.61. The largest absolute Gasteiger partial charge is 0.382 e. The first-order valence-electron chi connectivity index (χ1n) is 6.09. The minimum Gasteiger partial charge on any atom is -0.382 e. The summed E-state index contributed by atoms with van der Waals surface area (Å²) < 4.78 is 16.6. The first-order chi connectivity index (χ1) is 7.69. The molecule has 96 valence electrons. The van der Waals surface area contributed by atoms with Crippen LogP contribution in [0.4, 0.5) is 0 Å². The Morgan fingerprint density at radius 1 is 1.38 bits per heavy atom. The molecule has 4 unspecified atom stereocenters. The lowest BCUT2D eigenvalue weighted by atomic mass is 9.91. The molecule has 3 nitrogen and oxygen atoms in total. The van der Waals surface area contributed by atoms with Crippen LogP contribution in [0, 0.1) is 0 Å². The summed E-state index contributed by atoms with van der Waals surface area (Å²) in [5, 5.41) is 0. The third-order valence-corrected chi connectivity index (χ3v) is 3.78. The van der Waals surface area contributed by atoms with E-state index in [2.05, 4.69) is 29.8 Å². The highest BCUT2D eigenvalue weighted by Crippen LogP contribution is 2.34. The molecular formula is C12H23BrO3. The SMILES string of the molecule is CCCC(C)OC1CC(Br)C1OCCOC. The maximum absolute atomic E-state index is 5.94. The summed E-state index contributed by atoms with van der Waals surface area (Å²) in [6, 6.07) is 0. The van der Waals surface area contributed by atoms with Crippen molar-refractivity contribution < 1.29 is 14.2 Å². The molecule has 0 aliphatic heterocycles. The molecule has 0 spiro atoms. The van der Waals surface area contributed by atoms with Gasteiger partial charge in [-0.1, -0.05) is 29.3 Å². The summed E-state index contributed by atoms with van der Waals surface area (Å²) in [4.78, 5) is 0.434. The van der Waals surface area contributed by atoms with Crippen molar-refractivity contribution in [3.63, 3.8) is 0 Å². The van der Waals surface area contributed by atoms with Crippen LogP contribution < -0.4 is 0 Å². The predicted octanol–water partition coefficient (Wildman–Crippen LogP) is 2.76. The van der Waals surface area contributed by atoms with Crippen molar-refractivity contribution in [3.8, 4) is 0 Å². The second-order valence-electron chi connectivity index (χ2n) is 4.35. The van der Waals surface area contributed by atoms with E-state index in [4.69, 9.17) is 14.2 Å². The fraction of sp³-hybridized carbons (Fsp3) is 1.00. The fourth-order valence-electron chi connectivity index (χ4n) is 1.91. The summed E-state index contributed by atoms with van der Waals surface area (Å²) >= 11 is 3.60. The van der Waals surface area contributed by atoms with Gasteiger partial charge in [0.25, 0.3) is 0 Å². The number of halogens is 1. The average Bonchev–Trinajstić information content (AvgIpc) is 2.24. The van der Waals surface area contributed by atoms with Gasteiger partial charge in [-0.2, -0.15) is 0 Å². The molecule has 1 aliphatic rings. The van der Waals surface area contributed by atoms with Gasteiger partial charge in [-0.05, 0) is 19.8 Å². The van der Waals surface area contributed by atoms with Gasteiger partial charge in [-0.15, -0.1) is 0 Å². The van der Waals surface area contributed by atoms with Crippen molar-refractivity contribution in [2.75, 3.05) is 20.3 Å². The molecule has 1 saturated carbocycles. The summed E-state index contributed by atoms with van der Waals surface area (Å²) in [7, 11) is 1.69. The quantitative estimate of drug-likeness (QED) is 0.509. The zero-order valence-electron chi connectivity index (χ0n) is 10.4. The van der Waals surface area contributed by atoms with E-state index in [1.54, 1.807) is 7.11 Å². The fourth-order valence-corrected chi connectivity index (χ4v) is 2.77. The van der Waals surface area contributed by atoms with Crippen molar-refractivity contribution in [2.45, 2.75) is 56.2 Å². The Bertz CT molecular complexity index is 189. The molecule has 0 bridgehead atoms. The van der Waals surface area contributed by atoms with Crippen LogP contribution in [-0.4, -0.2) is 43.5 Å². The second-order valence-corrected chi connectivity index (χ2v) is 5.53. The van der Waals surface area contributed by atoms with E-state index in [9.17, 15) is 0 Å². The maximum Gasteiger partial charge on any atom is 0.0963 e. The van der Waals surface area contributed by atoms with Crippen molar-refractivity contribution in [2.24, 2.45) is 0 Å². The molecular weight excluding hydrogens is 272 g/mol. The van der Waals surface area contributed by atoms with E-state index >= 15 is 0 Å². The summed E-state index contributed by atoms with van der Waals surface area (Å²) in [5.74, 6) is 0. The molecule has 1 rings (SSSR count). The minimum atomic E-state index is 0.189. The molecule has 0 amide bonds. The van der Waals surface area contributed by atoms with Gasteiger partial charge in [0, 0.05) is 11.9 Å². The molecule has 4 heteroatoms. The zero-order valence-corrected chi connectivity index (χ0v) is 12.0. The van der Waals surface area contributed by atoms with Crippen LogP contribution in [0.5, 0.6) is 0 Å². The molecule has 0 saturated heterocycles. The van der Waals surface area contributed by atoms with Crippen LogP contribution in [-0.2, 0) is 14.2 Å². The van der Waals surface area contributed by atoms with E-state index in [1.165, 1.54) is 6.42 Å². The smallest absolute Gasteiger partial charge is 0.0963 e. The van der Waals surface area contributed by atoms with E-state index in [0.717, 1.165) is 12.8 Å². The Labute approximate surface area is 107 Å². The Hall–Kier alpha value is 0.360. The lowest BCUT2D eigenvalue weighted by molar-refractivity contribution is -0.147. The summed E-state index contributed by atoms with van der Waals surface area (Å²) in [6.07, 6.45) is 4.11. The molecule has 1 aliphatic carbocycles. The molecule has 0 N–H and O–H groups in total. The molecule has 0 heterocycles. The molecule has 0 aromatic heterocycles. The van der Waals surface area contributed by atoms with E-state index in [1.807, 2.05) is 0 Å². The monoisotopic (exact) mass is 294 g/mol. The summed E-state index contributed by atoms with van der Waals surface area (Å²) in [5.41, 5.74) is 0. The van der Waals surface area contributed by atoms with E-state index in [0.29, 0.717) is 24.1 Å². The van der Waals surface area contributed by atoms with Gasteiger partial charge in [-0.3, -0.25) is 0 Å². The first kappa shape index (κ1) is 14.4. The second kappa shape index (κ2) is 7.64. The van der Waals surface area contributed by atoms with Gasteiger partial charge in [0.15, 0.2) is 0 Å². The Morgan fingerprint density at radius 2 is 2.12 bits per heavy atom. The number of hydrogen-bond acceptors (Lipinski definition) is 3. The highest BCUT2D eigenvalue weighted by Gasteiger charge is 2.41. The standard InChI is InChI=1S/C12H23BrO3/c1-4-5-9(2)16-11-8-10(13)12(11)15-7-6-14-3/h9-12H,4-8H2,1-3H3. The number of methoxy groups -OCH3 is 1. The Morgan fingerprint density at radius 3 is 2.69 bits per heavy atom. The van der Waals surface area contributed by atoms with Gasteiger partial charge in [0.2, 0.25) is 0 Å². The third-order valence-electron chi connectivity index (χ3n) is 2.88. The van der Waals surface area contributed by atoms with Crippen LogP contribution in [0.3, 0.4) is 0 Å². The van der Waals surface area contributed by atoms with Crippen LogP contribution in [0.15, 0.2) is 0 Å². The highest BCUT2D eigenvalue weighted by atomic mass is 79.9. The Balaban J connectivity index is 2.21. The molecule has 0 radical (unpaired) electrons. The van der Waals surface area contributed by atoms with Gasteiger partial charge < -0.3 is 14.2 Å². The van der Waals surface area contributed by atoms with Crippen molar-refractivity contribution >= 4 is 15.9 Å². The lowest BCUT2D eigenvalue weighted by Crippen LogP contribution is -2.52. The Kier molecular flexibility index (Phi) is 6.89. The number of hydrogen-bond donors (Lipinski definition) is 0. The minimum absolute atomic E-state index is 0.189. The van der Waals surface area contributed by atoms with Crippen molar-refractivity contribution in [1.82, 2.24) is 0 Å². The zero-order chi connectivity index (χ0) is 12.0. The number of ether oxygens (including phenoxy) is 3. The highest BCUT2D eigenvalue weighted by molar-refractivity contribution is 9.09. The molecule has 4 atom stereocenters. The molecule has 0 aromatic carbocycles. The van der Waals surface area contributed by atoms with E-state index in [-0.39, 0.29) is 12.2 Å². The van der Waals surface area contributed by atoms with Gasteiger partial charge in [0.05, 0.1) is 31.5 Å². The average molecular weight is 295 g/mol. The number of alkyl halides is 1. The number of rotatable bonds is 8. The third kappa shape index (κ3) is 4.32. The van der Waals surface area contributed by atoms with E-state index < -0.39 is 0 Å². The lowest BCUT2D eigenvalue weighted by Gasteiger charge is -2.42. The van der Waals surface area contributed by atoms with Crippen LogP contribution in [0.1, 0.15) is 33.1 Å². The van der Waals surface area contributed by atoms with Crippen molar-refractivity contribution in [1.29, 1.82) is 0 Å². The maximum atomic E-state index is 5.94. The predicted molar refractivity (Wildman–Crippen MR) is 68.2 cm³/mol. The first-order valence-corrected chi connectivity index (χ1v) is 7.00. The van der Waals surface area contributed by atoms with Gasteiger partial charge >= 0.3 is 0 Å². The van der Waals surface area contributed by atoms with Crippen LogP contribution in [0.2, 0.25) is 0 Å². The topological polar surface area (TPSA) is 27.7 Å². The van der Waals surface area contributed by atoms with Gasteiger partial charge in [-0.25, -0.2) is 0 Å². The molecule has 1 fully saturated rings. The van der Waals surface area contributed by atoms with Crippen LogP contribution in [0.25, 0.3) is 0 Å². The van der Waals surface area contributed by atoms with Crippen molar-refractivity contribution in [3.05, 3.63) is 0 Å².